The van der Waals surface area contributed by atoms with Crippen molar-refractivity contribution in [1.82, 2.24) is 5.32 Å². The SMILES string of the molecule is Cc1cccc(C2(NC(=S)Nc3cccc(Cl)c3)CCCC2)c1. The second-order valence-electron chi connectivity index (χ2n) is 6.25. The Kier molecular flexibility index (Phi) is 4.88. The number of nitrogens with one attached hydrogen (secondary N) is 2. The number of halogens is 1. The lowest BCUT2D eigenvalue weighted by Crippen LogP contribution is -2.45. The highest BCUT2D eigenvalue weighted by Gasteiger charge is 2.36. The highest BCUT2D eigenvalue weighted by Crippen LogP contribution is 2.39. The van der Waals surface area contributed by atoms with Gasteiger partial charge in [0.25, 0.3) is 0 Å². The molecule has 0 radical (unpaired) electrons. The first-order valence-corrected chi connectivity index (χ1v) is 8.78. The minimum Gasteiger partial charge on any atom is -0.353 e. The van der Waals surface area contributed by atoms with Crippen molar-refractivity contribution < 1.29 is 0 Å². The van der Waals surface area contributed by atoms with E-state index in [0.717, 1.165) is 18.5 Å². The number of rotatable bonds is 3. The fourth-order valence-corrected chi connectivity index (χ4v) is 3.86. The molecule has 0 saturated heterocycles. The van der Waals surface area contributed by atoms with Gasteiger partial charge in [-0.25, -0.2) is 0 Å². The molecule has 0 aliphatic heterocycles. The first-order valence-electron chi connectivity index (χ1n) is 7.99. The highest BCUT2D eigenvalue weighted by molar-refractivity contribution is 7.80. The topological polar surface area (TPSA) is 24.1 Å². The quantitative estimate of drug-likeness (QED) is 0.728. The number of benzene rings is 2. The van der Waals surface area contributed by atoms with Crippen LogP contribution in [0.1, 0.15) is 36.8 Å². The van der Waals surface area contributed by atoms with E-state index in [0.29, 0.717) is 10.1 Å². The van der Waals surface area contributed by atoms with E-state index in [1.54, 1.807) is 0 Å². The highest BCUT2D eigenvalue weighted by atomic mass is 35.5. The molecule has 0 amide bonds. The summed E-state index contributed by atoms with van der Waals surface area (Å²) in [7, 11) is 0. The third-order valence-electron chi connectivity index (χ3n) is 4.46. The van der Waals surface area contributed by atoms with Crippen molar-refractivity contribution in [3.8, 4) is 0 Å². The van der Waals surface area contributed by atoms with Gasteiger partial charge in [0, 0.05) is 10.7 Å². The molecule has 0 atom stereocenters. The lowest BCUT2D eigenvalue weighted by atomic mass is 9.87. The van der Waals surface area contributed by atoms with Crippen LogP contribution in [0.15, 0.2) is 48.5 Å². The van der Waals surface area contributed by atoms with E-state index >= 15 is 0 Å². The molecule has 0 heterocycles. The summed E-state index contributed by atoms with van der Waals surface area (Å²) in [4.78, 5) is 0. The Morgan fingerprint density at radius 3 is 2.52 bits per heavy atom. The van der Waals surface area contributed by atoms with Gasteiger partial charge in [0.15, 0.2) is 5.11 Å². The Hall–Kier alpha value is -1.58. The van der Waals surface area contributed by atoms with Crippen LogP contribution in [-0.4, -0.2) is 5.11 Å². The van der Waals surface area contributed by atoms with Crippen molar-refractivity contribution in [2.75, 3.05) is 5.32 Å². The standard InChI is InChI=1S/C19H21ClN2S/c1-14-6-4-7-15(12-14)19(10-2-3-11-19)22-18(23)21-17-9-5-8-16(20)13-17/h4-9,12-13H,2-3,10-11H2,1H3,(H2,21,22,23). The second-order valence-corrected chi connectivity index (χ2v) is 7.09. The molecule has 1 saturated carbocycles. The Morgan fingerprint density at radius 2 is 1.83 bits per heavy atom. The fraction of sp³-hybridized carbons (Fsp3) is 0.316. The van der Waals surface area contributed by atoms with Gasteiger partial charge in [-0.1, -0.05) is 60.3 Å². The fourth-order valence-electron chi connectivity index (χ4n) is 3.35. The van der Waals surface area contributed by atoms with Crippen molar-refractivity contribution in [3.63, 3.8) is 0 Å². The van der Waals surface area contributed by atoms with Crippen LogP contribution in [0.5, 0.6) is 0 Å². The maximum atomic E-state index is 6.04. The molecule has 2 aromatic rings. The molecule has 0 spiro atoms. The van der Waals surface area contributed by atoms with Crippen molar-refractivity contribution in [1.29, 1.82) is 0 Å². The normalized spacial score (nSPS) is 16.1. The second kappa shape index (κ2) is 6.90. The molecule has 120 valence electrons. The average molecular weight is 345 g/mol. The van der Waals surface area contributed by atoms with E-state index in [9.17, 15) is 0 Å². The molecular formula is C19H21ClN2S. The molecule has 2 N–H and O–H groups in total. The van der Waals surface area contributed by atoms with Crippen LogP contribution in [-0.2, 0) is 5.54 Å². The van der Waals surface area contributed by atoms with E-state index in [-0.39, 0.29) is 5.54 Å². The van der Waals surface area contributed by atoms with Gasteiger partial charge in [0.05, 0.1) is 5.54 Å². The van der Waals surface area contributed by atoms with Crippen LogP contribution in [0.4, 0.5) is 5.69 Å². The molecule has 3 rings (SSSR count). The number of thiocarbonyl (C=S) groups is 1. The van der Waals surface area contributed by atoms with Crippen molar-refractivity contribution >= 4 is 34.6 Å². The van der Waals surface area contributed by atoms with Crippen LogP contribution in [0.25, 0.3) is 0 Å². The van der Waals surface area contributed by atoms with Crippen LogP contribution in [0.2, 0.25) is 5.02 Å². The van der Waals surface area contributed by atoms with Gasteiger partial charge in [-0.05, 0) is 55.7 Å². The van der Waals surface area contributed by atoms with Crippen LogP contribution < -0.4 is 10.6 Å². The third-order valence-corrected chi connectivity index (χ3v) is 4.90. The zero-order valence-corrected chi connectivity index (χ0v) is 14.8. The van der Waals surface area contributed by atoms with Gasteiger partial charge >= 0.3 is 0 Å². The minimum atomic E-state index is -0.0608. The summed E-state index contributed by atoms with van der Waals surface area (Å²) in [6.07, 6.45) is 4.66. The predicted octanol–water partition coefficient (Wildman–Crippen LogP) is 5.40. The first-order chi connectivity index (χ1) is 11.1. The summed E-state index contributed by atoms with van der Waals surface area (Å²) >= 11 is 11.6. The maximum absolute atomic E-state index is 6.04. The average Bonchev–Trinajstić information content (AvgIpc) is 2.97. The summed E-state index contributed by atoms with van der Waals surface area (Å²) in [5.41, 5.74) is 3.45. The predicted molar refractivity (Wildman–Crippen MR) is 102 cm³/mol. The number of aryl methyl sites for hydroxylation is 1. The monoisotopic (exact) mass is 344 g/mol. The van der Waals surface area contributed by atoms with Crippen LogP contribution in [0, 0.1) is 6.92 Å². The Balaban J connectivity index is 1.78. The largest absolute Gasteiger partial charge is 0.353 e. The smallest absolute Gasteiger partial charge is 0.171 e. The van der Waals surface area contributed by atoms with Gasteiger partial charge in [-0.15, -0.1) is 0 Å². The summed E-state index contributed by atoms with van der Waals surface area (Å²) in [5, 5.41) is 8.19. The van der Waals surface area contributed by atoms with Gasteiger partial charge in [-0.2, -0.15) is 0 Å². The lowest BCUT2D eigenvalue weighted by molar-refractivity contribution is 0.408. The first kappa shape index (κ1) is 16.3. The molecular weight excluding hydrogens is 324 g/mol. The third kappa shape index (κ3) is 3.85. The van der Waals surface area contributed by atoms with Crippen LogP contribution in [0.3, 0.4) is 0 Å². The molecule has 1 aliphatic carbocycles. The summed E-state index contributed by atoms with van der Waals surface area (Å²) in [6.45, 7) is 2.13. The molecule has 0 aromatic heterocycles. The van der Waals surface area contributed by atoms with Gasteiger partial charge in [0.2, 0.25) is 0 Å². The molecule has 1 aliphatic rings. The Morgan fingerprint density at radius 1 is 1.09 bits per heavy atom. The molecule has 0 unspecified atom stereocenters. The zero-order valence-electron chi connectivity index (χ0n) is 13.2. The molecule has 23 heavy (non-hydrogen) atoms. The summed E-state index contributed by atoms with van der Waals surface area (Å²) in [6, 6.07) is 16.3. The van der Waals surface area contributed by atoms with E-state index in [1.165, 1.54) is 24.0 Å². The van der Waals surface area contributed by atoms with E-state index in [1.807, 2.05) is 24.3 Å². The van der Waals surface area contributed by atoms with Crippen molar-refractivity contribution in [3.05, 3.63) is 64.7 Å². The number of hydrogen-bond donors (Lipinski definition) is 2. The van der Waals surface area contributed by atoms with Crippen molar-refractivity contribution in [2.45, 2.75) is 38.1 Å². The Bertz CT molecular complexity index is 708. The maximum Gasteiger partial charge on any atom is 0.171 e. The molecule has 4 heteroatoms. The number of hydrogen-bond acceptors (Lipinski definition) is 1. The zero-order chi connectivity index (χ0) is 16.3. The van der Waals surface area contributed by atoms with Gasteiger partial charge in [0.1, 0.15) is 0 Å². The van der Waals surface area contributed by atoms with Gasteiger partial charge in [-0.3, -0.25) is 0 Å². The molecule has 1 fully saturated rings. The Labute approximate surface area is 148 Å². The van der Waals surface area contributed by atoms with Crippen LogP contribution >= 0.6 is 23.8 Å². The van der Waals surface area contributed by atoms with E-state index < -0.39 is 0 Å². The van der Waals surface area contributed by atoms with E-state index in [4.69, 9.17) is 23.8 Å². The molecule has 2 aromatic carbocycles. The number of anilines is 1. The molecule has 2 nitrogen and oxygen atoms in total. The van der Waals surface area contributed by atoms with E-state index in [2.05, 4.69) is 41.8 Å². The van der Waals surface area contributed by atoms with Crippen molar-refractivity contribution in [2.24, 2.45) is 0 Å². The lowest BCUT2D eigenvalue weighted by Gasteiger charge is -2.33. The van der Waals surface area contributed by atoms with Gasteiger partial charge < -0.3 is 10.6 Å². The summed E-state index contributed by atoms with van der Waals surface area (Å²) in [5.74, 6) is 0. The summed E-state index contributed by atoms with van der Waals surface area (Å²) < 4.78 is 0. The molecule has 0 bridgehead atoms. The minimum absolute atomic E-state index is 0.0608.